The molecule has 2 aromatic carbocycles. The fourth-order valence-corrected chi connectivity index (χ4v) is 3.41. The van der Waals surface area contributed by atoms with Crippen LogP contribution in [0.1, 0.15) is 28.3 Å². The van der Waals surface area contributed by atoms with E-state index in [1.165, 1.54) is 25.8 Å². The summed E-state index contributed by atoms with van der Waals surface area (Å²) in [5.41, 5.74) is 5.44. The van der Waals surface area contributed by atoms with Gasteiger partial charge in [-0.1, -0.05) is 34.1 Å². The van der Waals surface area contributed by atoms with Crippen molar-refractivity contribution in [2.24, 2.45) is 0 Å². The monoisotopic (exact) mass is 443 g/mol. The molecular weight excluding hydrogens is 425 g/mol. The fourth-order valence-electron chi connectivity index (χ4n) is 2.32. The molecule has 0 bridgehead atoms. The van der Waals surface area contributed by atoms with E-state index in [1.54, 1.807) is 0 Å². The molecule has 0 aliphatic heterocycles. The van der Waals surface area contributed by atoms with Gasteiger partial charge in [0.25, 0.3) is 0 Å². The molecule has 0 aliphatic carbocycles. The Kier molecular flexibility index (Phi) is 5.64. The van der Waals surface area contributed by atoms with Crippen LogP contribution in [0.2, 0.25) is 0 Å². The van der Waals surface area contributed by atoms with Gasteiger partial charge in [0, 0.05) is 14.1 Å². The zero-order valence-electron chi connectivity index (χ0n) is 12.0. The van der Waals surface area contributed by atoms with Gasteiger partial charge in [0.2, 0.25) is 0 Å². The van der Waals surface area contributed by atoms with E-state index < -0.39 is 0 Å². The van der Waals surface area contributed by atoms with E-state index in [-0.39, 0.29) is 0 Å². The summed E-state index contributed by atoms with van der Waals surface area (Å²) in [6, 6.07) is 13.5. The highest BCUT2D eigenvalue weighted by Crippen LogP contribution is 2.27. The maximum Gasteiger partial charge on any atom is 0.0369 e. The van der Waals surface area contributed by atoms with Crippen LogP contribution < -0.4 is 5.32 Å². The van der Waals surface area contributed by atoms with Gasteiger partial charge < -0.3 is 5.32 Å². The van der Waals surface area contributed by atoms with Gasteiger partial charge in [0.15, 0.2) is 0 Å². The molecule has 0 heterocycles. The molecule has 3 heteroatoms. The second-order valence-electron chi connectivity index (χ2n) is 5.13. The van der Waals surface area contributed by atoms with Crippen LogP contribution in [0.25, 0.3) is 0 Å². The Morgan fingerprint density at radius 2 is 1.85 bits per heavy atom. The van der Waals surface area contributed by atoms with Gasteiger partial charge in [-0.15, -0.1) is 0 Å². The molecule has 0 saturated carbocycles. The SMILES string of the molecule is CNC(Cc1ccc(C)c(C)c1)c1cc(Br)ccc1I. The van der Waals surface area contributed by atoms with E-state index in [9.17, 15) is 0 Å². The van der Waals surface area contributed by atoms with Crippen molar-refractivity contribution in [3.05, 3.63) is 66.7 Å². The van der Waals surface area contributed by atoms with Crippen LogP contribution in [0.15, 0.2) is 40.9 Å². The largest absolute Gasteiger partial charge is 0.313 e. The van der Waals surface area contributed by atoms with Crippen molar-refractivity contribution in [1.82, 2.24) is 5.32 Å². The van der Waals surface area contributed by atoms with Crippen LogP contribution in [-0.2, 0) is 6.42 Å². The first kappa shape index (κ1) is 16.0. The first-order valence-corrected chi connectivity index (χ1v) is 8.56. The minimum atomic E-state index is 0.335. The lowest BCUT2D eigenvalue weighted by atomic mass is 9.97. The molecule has 106 valence electrons. The van der Waals surface area contributed by atoms with Crippen LogP contribution >= 0.6 is 38.5 Å². The van der Waals surface area contributed by atoms with E-state index >= 15 is 0 Å². The first-order valence-electron chi connectivity index (χ1n) is 6.69. The lowest BCUT2D eigenvalue weighted by Crippen LogP contribution is -2.20. The van der Waals surface area contributed by atoms with Crippen LogP contribution in [0.5, 0.6) is 0 Å². The molecule has 2 aromatic rings. The molecule has 1 nitrogen and oxygen atoms in total. The number of likely N-dealkylation sites (N-methyl/N-ethyl adjacent to an activating group) is 1. The predicted octanol–water partition coefficient (Wildman–Crippen LogP) is 5.17. The van der Waals surface area contributed by atoms with Crippen molar-refractivity contribution in [3.8, 4) is 0 Å². The molecule has 0 amide bonds. The van der Waals surface area contributed by atoms with Crippen molar-refractivity contribution in [2.45, 2.75) is 26.3 Å². The molecule has 0 fully saturated rings. The van der Waals surface area contributed by atoms with Gasteiger partial charge in [0.1, 0.15) is 0 Å². The van der Waals surface area contributed by atoms with Gasteiger partial charge in [-0.25, -0.2) is 0 Å². The standard InChI is InChI=1S/C17H19BrIN/c1-11-4-5-13(8-12(11)2)9-17(20-3)15-10-14(18)6-7-16(15)19/h4-8,10,17,20H,9H2,1-3H3. The van der Waals surface area contributed by atoms with Crippen LogP contribution in [0.3, 0.4) is 0 Å². The highest BCUT2D eigenvalue weighted by atomic mass is 127. The van der Waals surface area contributed by atoms with Crippen molar-refractivity contribution in [1.29, 1.82) is 0 Å². The molecule has 0 saturated heterocycles. The van der Waals surface area contributed by atoms with Gasteiger partial charge in [-0.05, 0) is 90.4 Å². The summed E-state index contributed by atoms with van der Waals surface area (Å²) in [6.07, 6.45) is 1.00. The normalized spacial score (nSPS) is 12.4. The maximum atomic E-state index is 3.57. The third-order valence-electron chi connectivity index (χ3n) is 3.69. The Bertz CT molecular complexity index is 610. The summed E-state index contributed by atoms with van der Waals surface area (Å²) in [5.74, 6) is 0. The summed E-state index contributed by atoms with van der Waals surface area (Å²) in [4.78, 5) is 0. The minimum absolute atomic E-state index is 0.335. The van der Waals surface area contributed by atoms with E-state index in [4.69, 9.17) is 0 Å². The van der Waals surface area contributed by atoms with Crippen molar-refractivity contribution >= 4 is 38.5 Å². The first-order chi connectivity index (χ1) is 9.51. The quantitative estimate of drug-likeness (QED) is 0.642. The van der Waals surface area contributed by atoms with Gasteiger partial charge >= 0.3 is 0 Å². The predicted molar refractivity (Wildman–Crippen MR) is 98.3 cm³/mol. The lowest BCUT2D eigenvalue weighted by molar-refractivity contribution is 0.589. The van der Waals surface area contributed by atoms with Crippen molar-refractivity contribution in [3.63, 3.8) is 0 Å². The summed E-state index contributed by atoms with van der Waals surface area (Å²) < 4.78 is 2.43. The Hall–Kier alpha value is -0.390. The molecule has 0 radical (unpaired) electrons. The smallest absolute Gasteiger partial charge is 0.0369 e. The van der Waals surface area contributed by atoms with Crippen LogP contribution in [-0.4, -0.2) is 7.05 Å². The highest BCUT2D eigenvalue weighted by molar-refractivity contribution is 14.1. The van der Waals surface area contributed by atoms with E-state index in [0.717, 1.165) is 10.9 Å². The molecule has 20 heavy (non-hydrogen) atoms. The highest BCUT2D eigenvalue weighted by Gasteiger charge is 2.14. The van der Waals surface area contributed by atoms with E-state index in [0.29, 0.717) is 6.04 Å². The summed E-state index contributed by atoms with van der Waals surface area (Å²) >= 11 is 5.98. The number of halogens is 2. The molecule has 0 aliphatic rings. The Balaban J connectivity index is 2.28. The van der Waals surface area contributed by atoms with Crippen molar-refractivity contribution < 1.29 is 0 Å². The Morgan fingerprint density at radius 3 is 2.50 bits per heavy atom. The van der Waals surface area contributed by atoms with Gasteiger partial charge in [-0.3, -0.25) is 0 Å². The third kappa shape index (κ3) is 3.83. The topological polar surface area (TPSA) is 12.0 Å². The molecule has 1 unspecified atom stereocenters. The second kappa shape index (κ2) is 7.05. The minimum Gasteiger partial charge on any atom is -0.313 e. The number of aryl methyl sites for hydroxylation is 2. The summed E-state index contributed by atoms with van der Waals surface area (Å²) in [7, 11) is 2.03. The van der Waals surface area contributed by atoms with Gasteiger partial charge in [0.05, 0.1) is 0 Å². The zero-order chi connectivity index (χ0) is 14.7. The number of rotatable bonds is 4. The lowest BCUT2D eigenvalue weighted by Gasteiger charge is -2.19. The second-order valence-corrected chi connectivity index (χ2v) is 7.21. The molecule has 1 N–H and O–H groups in total. The summed E-state index contributed by atoms with van der Waals surface area (Å²) in [6.45, 7) is 4.34. The third-order valence-corrected chi connectivity index (χ3v) is 5.17. The Labute approximate surface area is 143 Å². The number of nitrogens with one attached hydrogen (secondary N) is 1. The zero-order valence-corrected chi connectivity index (χ0v) is 15.7. The average molecular weight is 444 g/mol. The number of hydrogen-bond acceptors (Lipinski definition) is 1. The summed E-state index contributed by atoms with van der Waals surface area (Å²) in [5, 5.41) is 3.44. The number of benzene rings is 2. The van der Waals surface area contributed by atoms with Gasteiger partial charge in [-0.2, -0.15) is 0 Å². The van der Waals surface area contributed by atoms with Crippen LogP contribution in [0, 0.1) is 17.4 Å². The molecule has 0 aromatic heterocycles. The van der Waals surface area contributed by atoms with Crippen LogP contribution in [0.4, 0.5) is 0 Å². The van der Waals surface area contributed by atoms with Crippen molar-refractivity contribution in [2.75, 3.05) is 7.05 Å². The molecule has 0 spiro atoms. The molecular formula is C17H19BrIN. The Morgan fingerprint density at radius 1 is 1.10 bits per heavy atom. The molecule has 2 rings (SSSR count). The van der Waals surface area contributed by atoms with E-state index in [2.05, 4.69) is 94.1 Å². The fraction of sp³-hybridized carbons (Fsp3) is 0.294. The van der Waals surface area contributed by atoms with E-state index in [1.807, 2.05) is 7.05 Å². The number of hydrogen-bond donors (Lipinski definition) is 1. The maximum absolute atomic E-state index is 3.57. The average Bonchev–Trinajstić information content (AvgIpc) is 2.43. The molecule has 1 atom stereocenters.